The van der Waals surface area contributed by atoms with Gasteiger partial charge in [0.25, 0.3) is 0 Å². The van der Waals surface area contributed by atoms with Gasteiger partial charge < -0.3 is 16.0 Å². The van der Waals surface area contributed by atoms with Crippen LogP contribution < -0.4 is 11.1 Å². The van der Waals surface area contributed by atoms with E-state index in [0.717, 1.165) is 23.3 Å². The number of likely N-dealkylation sites (N-methyl/N-ethyl adjacent to an activating group) is 1. The van der Waals surface area contributed by atoms with Crippen LogP contribution in [0.25, 0.3) is 0 Å². The molecule has 3 rings (SSSR count). The molecular weight excluding hydrogens is 425 g/mol. The Balaban J connectivity index is 1.76. The standard InChI is InChI=1S/C24H30FN5O3/c1-4-15(13-20(26)27-2)12-19-21(22(31)28-3)30(23(19)32)24(33)29-11-5-6-17(14-29)16-7-9-18(25)10-8-16/h4,7-10,13,17,19,21H,1,5-6,11-12,14H2,2-3H3,(H2,26,27)(H,28,31)/b15-13+/t17-,19+,21-/m0/s1. The average molecular weight is 456 g/mol. The van der Waals surface area contributed by atoms with Crippen molar-refractivity contribution in [3.8, 4) is 0 Å². The van der Waals surface area contributed by atoms with Crippen LogP contribution in [-0.2, 0) is 9.59 Å². The second-order valence-electron chi connectivity index (χ2n) is 8.27. The van der Waals surface area contributed by atoms with Crippen LogP contribution in [-0.4, -0.2) is 66.7 Å². The van der Waals surface area contributed by atoms with Crippen molar-refractivity contribution in [3.63, 3.8) is 0 Å². The van der Waals surface area contributed by atoms with Gasteiger partial charge in [-0.15, -0.1) is 0 Å². The highest BCUT2D eigenvalue weighted by Crippen LogP contribution is 2.35. The molecule has 0 radical (unpaired) electrons. The molecule has 33 heavy (non-hydrogen) atoms. The smallest absolute Gasteiger partial charge is 0.327 e. The van der Waals surface area contributed by atoms with Crippen LogP contribution in [0.3, 0.4) is 0 Å². The van der Waals surface area contributed by atoms with Gasteiger partial charge in [-0.2, -0.15) is 0 Å². The van der Waals surface area contributed by atoms with Gasteiger partial charge in [-0.05, 0) is 48.6 Å². The van der Waals surface area contributed by atoms with Crippen LogP contribution in [0.1, 0.15) is 30.7 Å². The lowest BCUT2D eigenvalue weighted by molar-refractivity contribution is -0.158. The van der Waals surface area contributed by atoms with Gasteiger partial charge >= 0.3 is 6.03 Å². The lowest BCUT2D eigenvalue weighted by Crippen LogP contribution is -2.70. The summed E-state index contributed by atoms with van der Waals surface area (Å²) in [5.74, 6) is -1.49. The van der Waals surface area contributed by atoms with E-state index in [9.17, 15) is 18.8 Å². The van der Waals surface area contributed by atoms with Gasteiger partial charge in [0, 0.05) is 33.1 Å². The Labute approximate surface area is 193 Å². The van der Waals surface area contributed by atoms with E-state index in [1.54, 1.807) is 36.2 Å². The summed E-state index contributed by atoms with van der Waals surface area (Å²) in [5, 5.41) is 2.56. The zero-order valence-corrected chi connectivity index (χ0v) is 19.0. The Morgan fingerprint density at radius 3 is 2.64 bits per heavy atom. The molecule has 3 atom stereocenters. The number of allylic oxidation sites excluding steroid dienone is 2. The summed E-state index contributed by atoms with van der Waals surface area (Å²) >= 11 is 0. The number of nitrogens with zero attached hydrogens (tertiary/aromatic N) is 3. The molecule has 0 aliphatic carbocycles. The minimum atomic E-state index is -0.913. The Bertz CT molecular complexity index is 988. The predicted molar refractivity (Wildman–Crippen MR) is 124 cm³/mol. The van der Waals surface area contributed by atoms with Gasteiger partial charge in [-0.3, -0.25) is 19.5 Å². The first kappa shape index (κ1) is 24.2. The van der Waals surface area contributed by atoms with Crippen molar-refractivity contribution in [3.05, 3.63) is 60.0 Å². The van der Waals surface area contributed by atoms with Crippen molar-refractivity contribution in [2.24, 2.45) is 16.6 Å². The number of aliphatic imine (C=N–C) groups is 1. The summed E-state index contributed by atoms with van der Waals surface area (Å²) in [7, 11) is 3.02. The number of piperidine rings is 1. The molecular formula is C24H30FN5O3. The Hall–Kier alpha value is -3.49. The molecule has 2 aliphatic rings. The largest absolute Gasteiger partial charge is 0.384 e. The first-order valence-corrected chi connectivity index (χ1v) is 10.9. The van der Waals surface area contributed by atoms with Gasteiger partial charge in [0.1, 0.15) is 17.7 Å². The van der Waals surface area contributed by atoms with E-state index >= 15 is 0 Å². The Morgan fingerprint density at radius 1 is 1.33 bits per heavy atom. The molecule has 9 heteroatoms. The first-order chi connectivity index (χ1) is 15.8. The third-order valence-corrected chi connectivity index (χ3v) is 6.28. The van der Waals surface area contributed by atoms with Crippen LogP contribution in [0.4, 0.5) is 9.18 Å². The number of nitrogens with two attached hydrogens (primary N) is 1. The van der Waals surface area contributed by atoms with Crippen LogP contribution in [0.2, 0.25) is 0 Å². The molecule has 1 aromatic carbocycles. The number of β-lactam (4-membered cyclic amide) rings is 1. The van der Waals surface area contributed by atoms with E-state index in [0.29, 0.717) is 18.7 Å². The van der Waals surface area contributed by atoms with Crippen LogP contribution in [0, 0.1) is 11.7 Å². The SMILES string of the molecule is C=C/C(=C\C(N)=NC)C[C@H]1C(=O)N(C(=O)N2CCC[C@H](c3ccc(F)cc3)C2)[C@@H]1C(=O)NC. The number of amidine groups is 1. The number of hydrogen-bond donors (Lipinski definition) is 2. The number of halogens is 1. The molecule has 2 heterocycles. The number of nitrogens with one attached hydrogen (secondary N) is 1. The van der Waals surface area contributed by atoms with Crippen molar-refractivity contribution in [2.45, 2.75) is 31.2 Å². The van der Waals surface area contributed by atoms with Crippen molar-refractivity contribution in [1.82, 2.24) is 15.1 Å². The molecule has 8 nitrogen and oxygen atoms in total. The summed E-state index contributed by atoms with van der Waals surface area (Å²) in [4.78, 5) is 45.4. The number of carbonyl (C=O) groups is 3. The third-order valence-electron chi connectivity index (χ3n) is 6.28. The number of imide groups is 1. The fourth-order valence-electron chi connectivity index (χ4n) is 4.43. The minimum Gasteiger partial charge on any atom is -0.384 e. The van der Waals surface area contributed by atoms with Gasteiger partial charge in [0.2, 0.25) is 11.8 Å². The number of benzene rings is 1. The average Bonchev–Trinajstić information content (AvgIpc) is 2.84. The molecule has 2 aliphatic heterocycles. The molecule has 2 saturated heterocycles. The molecule has 4 amide bonds. The monoisotopic (exact) mass is 455 g/mol. The van der Waals surface area contributed by atoms with Gasteiger partial charge in [-0.1, -0.05) is 24.8 Å². The highest BCUT2D eigenvalue weighted by Gasteiger charge is 2.55. The second-order valence-corrected chi connectivity index (χ2v) is 8.27. The van der Waals surface area contributed by atoms with Gasteiger partial charge in [0.05, 0.1) is 5.92 Å². The van der Waals surface area contributed by atoms with Crippen LogP contribution in [0.15, 0.2) is 53.6 Å². The Kier molecular flexibility index (Phi) is 7.63. The van der Waals surface area contributed by atoms with Gasteiger partial charge in [-0.25, -0.2) is 9.18 Å². The number of urea groups is 1. The molecule has 0 bridgehead atoms. The molecule has 2 fully saturated rings. The maximum Gasteiger partial charge on any atom is 0.327 e. The highest BCUT2D eigenvalue weighted by molar-refractivity contribution is 6.09. The predicted octanol–water partition coefficient (Wildman–Crippen LogP) is 2.19. The summed E-state index contributed by atoms with van der Waals surface area (Å²) in [6.07, 6.45) is 5.00. The van der Waals surface area contributed by atoms with Crippen molar-refractivity contribution >= 4 is 23.7 Å². The maximum atomic E-state index is 13.3. The Morgan fingerprint density at radius 2 is 2.03 bits per heavy atom. The second kappa shape index (κ2) is 10.4. The molecule has 0 unspecified atom stereocenters. The molecule has 1 aromatic rings. The number of rotatable bonds is 6. The summed E-state index contributed by atoms with van der Waals surface area (Å²) in [5.41, 5.74) is 7.36. The number of hydrogen-bond acceptors (Lipinski definition) is 4. The molecule has 0 saturated carbocycles. The quantitative estimate of drug-likeness (QED) is 0.297. The fraction of sp³-hybridized carbons (Fsp3) is 0.417. The summed E-state index contributed by atoms with van der Waals surface area (Å²) in [6, 6.07) is 4.87. The zero-order valence-electron chi connectivity index (χ0n) is 19.0. The topological polar surface area (TPSA) is 108 Å². The van der Waals surface area contributed by atoms with Crippen molar-refractivity contribution in [2.75, 3.05) is 27.2 Å². The third kappa shape index (κ3) is 5.13. The van der Waals surface area contributed by atoms with E-state index in [1.807, 2.05) is 0 Å². The molecule has 176 valence electrons. The van der Waals surface area contributed by atoms with Crippen molar-refractivity contribution < 1.29 is 18.8 Å². The van der Waals surface area contributed by atoms with Crippen molar-refractivity contribution in [1.29, 1.82) is 0 Å². The summed E-state index contributed by atoms with van der Waals surface area (Å²) in [6.45, 7) is 4.64. The van der Waals surface area contributed by atoms with E-state index in [2.05, 4.69) is 16.9 Å². The number of likely N-dealkylation sites (tertiary alicyclic amines) is 2. The molecule has 0 spiro atoms. The van der Waals surface area contributed by atoms with Crippen LogP contribution >= 0.6 is 0 Å². The van der Waals surface area contributed by atoms with E-state index < -0.39 is 29.8 Å². The lowest BCUT2D eigenvalue weighted by Gasteiger charge is -2.47. The molecule has 0 aromatic heterocycles. The lowest BCUT2D eigenvalue weighted by atomic mass is 9.81. The van der Waals surface area contributed by atoms with E-state index in [4.69, 9.17) is 5.73 Å². The fourth-order valence-corrected chi connectivity index (χ4v) is 4.43. The maximum absolute atomic E-state index is 13.3. The van der Waals surface area contributed by atoms with Gasteiger partial charge in [0.15, 0.2) is 0 Å². The minimum absolute atomic E-state index is 0.0422. The number of amides is 4. The van der Waals surface area contributed by atoms with E-state index in [-0.39, 0.29) is 24.0 Å². The van der Waals surface area contributed by atoms with E-state index in [1.165, 1.54) is 19.2 Å². The molecule has 3 N–H and O–H groups in total. The zero-order chi connectivity index (χ0) is 24.1. The normalized spacial score (nSPS) is 23.7. The number of carbonyl (C=O) groups excluding carboxylic acids is 3. The summed E-state index contributed by atoms with van der Waals surface area (Å²) < 4.78 is 13.3. The highest BCUT2D eigenvalue weighted by atomic mass is 19.1. The van der Waals surface area contributed by atoms with Crippen LogP contribution in [0.5, 0.6) is 0 Å². The first-order valence-electron chi connectivity index (χ1n) is 10.9.